The Kier molecular flexibility index (Phi) is 9.13. The van der Waals surface area contributed by atoms with Gasteiger partial charge in [0.05, 0.1) is 40.5 Å². The lowest BCUT2D eigenvalue weighted by atomic mass is 9.49. The van der Waals surface area contributed by atoms with Crippen LogP contribution in [0.4, 0.5) is 11.4 Å². The molecule has 3 aromatic rings. The number of hydrogen-bond donors (Lipinski definition) is 1. The highest BCUT2D eigenvalue weighted by molar-refractivity contribution is 6.33. The summed E-state index contributed by atoms with van der Waals surface area (Å²) in [6.45, 7) is 20.0. The van der Waals surface area contributed by atoms with Crippen LogP contribution in [0.1, 0.15) is 95.8 Å². The number of pyridine rings is 1. The van der Waals surface area contributed by atoms with Gasteiger partial charge in [0, 0.05) is 67.1 Å². The lowest BCUT2D eigenvalue weighted by Crippen LogP contribution is -2.74. The van der Waals surface area contributed by atoms with E-state index in [1.54, 1.807) is 30.3 Å². The van der Waals surface area contributed by atoms with Crippen LogP contribution in [-0.2, 0) is 16.1 Å². The molecule has 0 spiro atoms. The molecule has 6 heterocycles. The van der Waals surface area contributed by atoms with Gasteiger partial charge in [0.2, 0.25) is 17.5 Å². The van der Waals surface area contributed by atoms with Gasteiger partial charge in [0.1, 0.15) is 23.6 Å². The Hall–Kier alpha value is -5.76. The molecule has 0 bridgehead atoms. The van der Waals surface area contributed by atoms with Crippen molar-refractivity contribution in [3.8, 4) is 17.6 Å². The first-order valence-corrected chi connectivity index (χ1v) is 21.5. The molecule has 61 heavy (non-hydrogen) atoms. The summed E-state index contributed by atoms with van der Waals surface area (Å²) in [7, 11) is 0. The Labute approximate surface area is 359 Å². The summed E-state index contributed by atoms with van der Waals surface area (Å²) < 4.78 is 6.47. The largest absolute Gasteiger partial charge is 0.489 e. The van der Waals surface area contributed by atoms with E-state index in [0.717, 1.165) is 55.3 Å². The fourth-order valence-electron chi connectivity index (χ4n) is 11.9. The number of nitrogens with zero attached hydrogens (tertiary/aromatic N) is 6. The number of benzene rings is 2. The minimum atomic E-state index is -0.975. The molecule has 13 nitrogen and oxygen atoms in total. The molecule has 5 amide bonds. The minimum Gasteiger partial charge on any atom is -0.489 e. The van der Waals surface area contributed by atoms with Crippen LogP contribution in [-0.4, -0.2) is 99.6 Å². The quantitative estimate of drug-likeness (QED) is 0.188. The maximum atomic E-state index is 13.8. The number of halogens is 1. The molecule has 3 unspecified atom stereocenters. The van der Waals surface area contributed by atoms with Crippen LogP contribution in [0.15, 0.2) is 48.5 Å². The second-order valence-corrected chi connectivity index (χ2v) is 19.4. The third-order valence-corrected chi connectivity index (χ3v) is 14.8. The first-order valence-electron chi connectivity index (χ1n) is 21.1. The molecule has 10 rings (SSSR count). The highest BCUT2D eigenvalue weighted by atomic mass is 35.5. The summed E-state index contributed by atoms with van der Waals surface area (Å²) in [5, 5.41) is 2.61. The average molecular weight is 840 g/mol. The molecule has 1 N–H and O–H groups in total. The number of ether oxygens (including phenoxy) is 1. The van der Waals surface area contributed by atoms with Crippen LogP contribution in [0.3, 0.4) is 0 Å². The predicted molar refractivity (Wildman–Crippen MR) is 225 cm³/mol. The third kappa shape index (κ3) is 6.30. The smallest absolute Gasteiger partial charge is 0.262 e. The summed E-state index contributed by atoms with van der Waals surface area (Å²) in [5.41, 5.74) is 3.25. The predicted octanol–water partition coefficient (Wildman–Crippen LogP) is 5.72. The van der Waals surface area contributed by atoms with Crippen molar-refractivity contribution >= 4 is 52.5 Å². The van der Waals surface area contributed by atoms with E-state index < -0.39 is 29.7 Å². The Bertz CT molecular complexity index is 2540. The van der Waals surface area contributed by atoms with Gasteiger partial charge in [-0.2, -0.15) is 0 Å². The van der Waals surface area contributed by atoms with Crippen LogP contribution in [0, 0.1) is 47.0 Å². The Morgan fingerprint density at radius 2 is 1.57 bits per heavy atom. The molecule has 5 aliphatic heterocycles. The number of amides is 5. The topological polar surface area (TPSA) is 137 Å². The number of nitrogens with one attached hydrogen (secondary N) is 1. The van der Waals surface area contributed by atoms with Crippen molar-refractivity contribution in [3.05, 3.63) is 93.0 Å². The lowest BCUT2D eigenvalue weighted by molar-refractivity contribution is -0.199. The summed E-state index contributed by atoms with van der Waals surface area (Å²) in [5.74, 6) is 6.71. The number of aromatic nitrogens is 1. The van der Waals surface area contributed by atoms with Crippen molar-refractivity contribution in [2.75, 3.05) is 31.1 Å². The lowest BCUT2D eigenvalue weighted by Gasteiger charge is -2.65. The highest BCUT2D eigenvalue weighted by Gasteiger charge is 2.67. The number of fused-ring (bicyclic) bond motifs is 3. The number of piperidine rings is 1. The van der Waals surface area contributed by atoms with Crippen molar-refractivity contribution in [1.29, 1.82) is 0 Å². The summed E-state index contributed by atoms with van der Waals surface area (Å²) >= 11 is 6.30. The van der Waals surface area contributed by atoms with Crippen molar-refractivity contribution in [1.82, 2.24) is 25.0 Å². The SMILES string of the molecule is [C-]#[N+]c1ccc(OC2C(C)(C)C(N3Cc4nc(C#CC5CC(N6CC7CN(c8ccc9c(c8)C(=O)N(C8CCC(=O)NC8=O)C9=O)CC7C6)C5)ccc4C3=O)C2(C)C)cc1Cl. The van der Waals surface area contributed by atoms with E-state index in [1.165, 1.54) is 0 Å². The number of hydrogen-bond acceptors (Lipinski definition) is 9. The number of carbonyl (C=O) groups excluding carboxylic acids is 5. The number of rotatable bonds is 6. The fraction of sp³-hybridized carbons (Fsp3) is 0.468. The molecule has 3 atom stereocenters. The zero-order chi connectivity index (χ0) is 42.7. The summed E-state index contributed by atoms with van der Waals surface area (Å²) in [6.07, 6.45) is 2.07. The second-order valence-electron chi connectivity index (χ2n) is 19.0. The minimum absolute atomic E-state index is 0.0198. The van der Waals surface area contributed by atoms with Crippen LogP contribution in [0.25, 0.3) is 4.85 Å². The van der Waals surface area contributed by atoms with Crippen molar-refractivity contribution in [3.63, 3.8) is 0 Å². The van der Waals surface area contributed by atoms with Crippen LogP contribution < -0.4 is 15.0 Å². The van der Waals surface area contributed by atoms with Gasteiger partial charge in [-0.25, -0.2) is 9.83 Å². The van der Waals surface area contributed by atoms with Gasteiger partial charge in [-0.1, -0.05) is 51.3 Å². The van der Waals surface area contributed by atoms with Gasteiger partial charge < -0.3 is 14.5 Å². The normalized spacial score (nSPS) is 29.5. The first kappa shape index (κ1) is 39.4. The van der Waals surface area contributed by atoms with Crippen LogP contribution in [0.2, 0.25) is 5.02 Å². The van der Waals surface area contributed by atoms with Gasteiger partial charge in [0.25, 0.3) is 17.7 Å². The average Bonchev–Trinajstić information content (AvgIpc) is 3.93. The number of carbonyl (C=O) groups is 5. The van der Waals surface area contributed by atoms with E-state index in [1.807, 2.05) is 23.1 Å². The molecular weight excluding hydrogens is 794 g/mol. The van der Waals surface area contributed by atoms with E-state index >= 15 is 0 Å². The molecule has 312 valence electrons. The Morgan fingerprint density at radius 3 is 2.26 bits per heavy atom. The van der Waals surface area contributed by atoms with Gasteiger partial charge >= 0.3 is 0 Å². The van der Waals surface area contributed by atoms with Gasteiger partial charge in [-0.05, 0) is 79.5 Å². The molecule has 2 aliphatic carbocycles. The maximum absolute atomic E-state index is 13.8. The summed E-state index contributed by atoms with van der Waals surface area (Å²) in [4.78, 5) is 80.7. The van der Waals surface area contributed by atoms with E-state index in [4.69, 9.17) is 27.9 Å². The van der Waals surface area contributed by atoms with Crippen molar-refractivity contribution < 1.29 is 28.7 Å². The number of anilines is 1. The third-order valence-electron chi connectivity index (χ3n) is 14.5. The molecule has 1 aromatic heterocycles. The van der Waals surface area contributed by atoms with E-state index in [2.05, 4.69) is 59.5 Å². The molecule has 5 fully saturated rings. The van der Waals surface area contributed by atoms with Gasteiger partial charge in [0.15, 0.2) is 0 Å². The van der Waals surface area contributed by atoms with E-state index in [0.29, 0.717) is 69.2 Å². The zero-order valence-electron chi connectivity index (χ0n) is 34.5. The molecule has 2 saturated carbocycles. The first-order chi connectivity index (χ1) is 29.1. The molecule has 2 aromatic carbocycles. The molecular formula is C47H46ClN7O6. The van der Waals surface area contributed by atoms with Crippen molar-refractivity contribution in [2.45, 2.75) is 84.2 Å². The number of likely N-dealkylation sites (tertiary alicyclic amines) is 1. The molecule has 7 aliphatic rings. The fourth-order valence-corrected chi connectivity index (χ4v) is 12.1. The van der Waals surface area contributed by atoms with E-state index in [-0.39, 0.29) is 41.7 Å². The van der Waals surface area contributed by atoms with Crippen LogP contribution >= 0.6 is 11.6 Å². The second kappa shape index (κ2) is 14.1. The highest BCUT2D eigenvalue weighted by Crippen LogP contribution is 2.59. The van der Waals surface area contributed by atoms with Gasteiger partial charge in [-0.3, -0.25) is 39.1 Å². The summed E-state index contributed by atoms with van der Waals surface area (Å²) in [6, 6.07) is 13.7. The number of imide groups is 2. The molecule has 0 radical (unpaired) electrons. The monoisotopic (exact) mass is 839 g/mol. The van der Waals surface area contributed by atoms with Crippen molar-refractivity contribution in [2.24, 2.45) is 28.6 Å². The van der Waals surface area contributed by atoms with Gasteiger partial charge in [-0.15, -0.1) is 0 Å². The Morgan fingerprint density at radius 1 is 0.869 bits per heavy atom. The van der Waals surface area contributed by atoms with Crippen LogP contribution in [0.5, 0.6) is 5.75 Å². The molecule has 3 saturated heterocycles. The zero-order valence-corrected chi connectivity index (χ0v) is 35.3. The maximum Gasteiger partial charge on any atom is 0.262 e. The Balaban J connectivity index is 0.721. The molecule has 14 heteroatoms. The standard InChI is InChI=1S/C47H46ClN7O6/c1-46(2)44(47(3,4)45(46)61-31-10-13-36(49-5)35(48)19-31)54-24-37-33(41(54)58)11-8-28(50-37)7-6-25-16-30(17-25)53-22-26-20-52(21-27(26)23-53)29-9-12-32-34(18-29)43(60)55(42(32)59)38-14-15-39(56)51-40(38)57/h8-13,18-19,25-27,30,38,44-45H,14-17,20-24H2,1-4H3,(H,51,56,57). The van der Waals surface area contributed by atoms with E-state index in [9.17, 15) is 24.0 Å².